The molecule has 0 spiro atoms. The topological polar surface area (TPSA) is 31.1 Å². The second kappa shape index (κ2) is 5.12. The van der Waals surface area contributed by atoms with Gasteiger partial charge in [-0.05, 0) is 38.1 Å². The van der Waals surface area contributed by atoms with Crippen LogP contribution in [0.5, 0.6) is 0 Å². The standard InChI is InChI=1S/C15H21N3/c1-18(13-6-8-16-11-13)9-7-12-10-17-15-5-3-2-4-14(12)15/h2-5,10,13,16-17H,6-9,11H2,1H3. The van der Waals surface area contributed by atoms with Crippen LogP contribution in [-0.4, -0.2) is 42.6 Å². The minimum Gasteiger partial charge on any atom is -0.361 e. The van der Waals surface area contributed by atoms with Gasteiger partial charge in [-0.2, -0.15) is 0 Å². The van der Waals surface area contributed by atoms with Crippen LogP contribution in [0.3, 0.4) is 0 Å². The fraction of sp³-hybridized carbons (Fsp3) is 0.467. The van der Waals surface area contributed by atoms with E-state index in [-0.39, 0.29) is 0 Å². The molecule has 2 heterocycles. The number of rotatable bonds is 4. The molecular weight excluding hydrogens is 222 g/mol. The molecule has 2 N–H and O–H groups in total. The zero-order valence-corrected chi connectivity index (χ0v) is 10.9. The van der Waals surface area contributed by atoms with Gasteiger partial charge in [0.05, 0.1) is 0 Å². The number of benzene rings is 1. The first kappa shape index (κ1) is 11.8. The van der Waals surface area contributed by atoms with Crippen molar-refractivity contribution < 1.29 is 0 Å². The summed E-state index contributed by atoms with van der Waals surface area (Å²) in [4.78, 5) is 5.84. The molecule has 0 bridgehead atoms. The molecule has 3 heteroatoms. The van der Waals surface area contributed by atoms with Crippen LogP contribution in [0.15, 0.2) is 30.5 Å². The highest BCUT2D eigenvalue weighted by Crippen LogP contribution is 2.18. The molecule has 1 aliphatic heterocycles. The van der Waals surface area contributed by atoms with Gasteiger partial charge in [-0.3, -0.25) is 0 Å². The molecular formula is C15H21N3. The van der Waals surface area contributed by atoms with E-state index in [4.69, 9.17) is 0 Å². The minimum absolute atomic E-state index is 0.718. The average molecular weight is 243 g/mol. The van der Waals surface area contributed by atoms with Crippen LogP contribution in [0.25, 0.3) is 10.9 Å². The summed E-state index contributed by atoms with van der Waals surface area (Å²) in [5.41, 5.74) is 2.68. The molecule has 1 atom stereocenters. The zero-order chi connectivity index (χ0) is 12.4. The third-order valence-corrected chi connectivity index (χ3v) is 4.07. The van der Waals surface area contributed by atoms with E-state index in [2.05, 4.69) is 52.7 Å². The van der Waals surface area contributed by atoms with Crippen LogP contribution in [0.1, 0.15) is 12.0 Å². The van der Waals surface area contributed by atoms with Gasteiger partial charge in [0, 0.05) is 36.2 Å². The summed E-state index contributed by atoms with van der Waals surface area (Å²) in [6.07, 6.45) is 4.56. The van der Waals surface area contributed by atoms with Crippen molar-refractivity contribution in [3.63, 3.8) is 0 Å². The Balaban J connectivity index is 1.65. The highest BCUT2D eigenvalue weighted by Gasteiger charge is 2.18. The van der Waals surface area contributed by atoms with Gasteiger partial charge < -0.3 is 15.2 Å². The SMILES string of the molecule is CN(CCc1c[nH]c2ccccc12)C1CCNC1. The monoisotopic (exact) mass is 243 g/mol. The first-order valence-electron chi connectivity index (χ1n) is 6.80. The lowest BCUT2D eigenvalue weighted by Gasteiger charge is -2.23. The zero-order valence-electron chi connectivity index (χ0n) is 10.9. The van der Waals surface area contributed by atoms with Gasteiger partial charge >= 0.3 is 0 Å². The van der Waals surface area contributed by atoms with Crippen molar-refractivity contribution in [2.75, 3.05) is 26.7 Å². The van der Waals surface area contributed by atoms with Crippen molar-refractivity contribution in [2.24, 2.45) is 0 Å². The fourth-order valence-corrected chi connectivity index (χ4v) is 2.83. The van der Waals surface area contributed by atoms with Crippen LogP contribution in [0.2, 0.25) is 0 Å². The van der Waals surface area contributed by atoms with Gasteiger partial charge in [0.25, 0.3) is 0 Å². The number of nitrogens with zero attached hydrogens (tertiary/aromatic N) is 1. The van der Waals surface area contributed by atoms with Crippen molar-refractivity contribution in [3.8, 4) is 0 Å². The number of fused-ring (bicyclic) bond motifs is 1. The highest BCUT2D eigenvalue weighted by molar-refractivity contribution is 5.83. The third-order valence-electron chi connectivity index (χ3n) is 4.07. The summed E-state index contributed by atoms with van der Waals surface area (Å²) < 4.78 is 0. The Kier molecular flexibility index (Phi) is 3.35. The van der Waals surface area contributed by atoms with Crippen LogP contribution in [-0.2, 0) is 6.42 Å². The van der Waals surface area contributed by atoms with Crippen molar-refractivity contribution in [1.29, 1.82) is 0 Å². The Morgan fingerprint density at radius 2 is 2.22 bits per heavy atom. The molecule has 1 fully saturated rings. The summed E-state index contributed by atoms with van der Waals surface area (Å²) in [6.45, 7) is 3.45. The predicted octanol–water partition coefficient (Wildman–Crippen LogP) is 2.00. The van der Waals surface area contributed by atoms with E-state index in [1.165, 1.54) is 29.4 Å². The van der Waals surface area contributed by atoms with Crippen LogP contribution in [0.4, 0.5) is 0 Å². The number of aromatic amines is 1. The average Bonchev–Trinajstić information content (AvgIpc) is 3.06. The Morgan fingerprint density at radius 3 is 3.06 bits per heavy atom. The lowest BCUT2D eigenvalue weighted by Crippen LogP contribution is -2.34. The summed E-state index contributed by atoms with van der Waals surface area (Å²) in [6, 6.07) is 9.26. The Hall–Kier alpha value is -1.32. The van der Waals surface area contributed by atoms with Crippen LogP contribution < -0.4 is 5.32 Å². The van der Waals surface area contributed by atoms with Crippen molar-refractivity contribution in [2.45, 2.75) is 18.9 Å². The summed E-state index contributed by atoms with van der Waals surface area (Å²) in [7, 11) is 2.24. The number of hydrogen-bond donors (Lipinski definition) is 2. The summed E-state index contributed by atoms with van der Waals surface area (Å²) in [5, 5.41) is 4.80. The minimum atomic E-state index is 0.718. The van der Waals surface area contributed by atoms with Crippen molar-refractivity contribution in [1.82, 2.24) is 15.2 Å². The smallest absolute Gasteiger partial charge is 0.0456 e. The largest absolute Gasteiger partial charge is 0.361 e. The number of nitrogens with one attached hydrogen (secondary N) is 2. The maximum Gasteiger partial charge on any atom is 0.0456 e. The Morgan fingerprint density at radius 1 is 1.33 bits per heavy atom. The molecule has 0 saturated carbocycles. The van der Waals surface area contributed by atoms with Crippen LogP contribution >= 0.6 is 0 Å². The number of hydrogen-bond acceptors (Lipinski definition) is 2. The van der Waals surface area contributed by atoms with E-state index < -0.39 is 0 Å². The third kappa shape index (κ3) is 2.28. The molecule has 0 radical (unpaired) electrons. The quantitative estimate of drug-likeness (QED) is 0.860. The van der Waals surface area contributed by atoms with E-state index in [1.807, 2.05) is 0 Å². The molecule has 1 aromatic carbocycles. The molecule has 3 rings (SSSR count). The molecule has 0 aliphatic carbocycles. The molecule has 3 nitrogen and oxygen atoms in total. The predicted molar refractivity (Wildman–Crippen MR) is 75.9 cm³/mol. The number of likely N-dealkylation sites (N-methyl/N-ethyl adjacent to an activating group) is 1. The second-order valence-corrected chi connectivity index (χ2v) is 5.24. The summed E-state index contributed by atoms with van der Waals surface area (Å²) in [5.74, 6) is 0. The first-order valence-corrected chi connectivity index (χ1v) is 6.80. The number of H-pyrrole nitrogens is 1. The molecule has 2 aromatic rings. The summed E-state index contributed by atoms with van der Waals surface area (Å²) >= 11 is 0. The van der Waals surface area contributed by atoms with Gasteiger partial charge in [-0.15, -0.1) is 0 Å². The van der Waals surface area contributed by atoms with Gasteiger partial charge in [-0.25, -0.2) is 0 Å². The first-order chi connectivity index (χ1) is 8.84. The Bertz CT molecular complexity index is 511. The van der Waals surface area contributed by atoms with Crippen molar-refractivity contribution in [3.05, 3.63) is 36.0 Å². The molecule has 18 heavy (non-hydrogen) atoms. The normalized spacial score (nSPS) is 20.0. The highest BCUT2D eigenvalue weighted by atomic mass is 15.2. The van der Waals surface area contributed by atoms with E-state index in [0.29, 0.717) is 0 Å². The van der Waals surface area contributed by atoms with E-state index in [9.17, 15) is 0 Å². The number of aromatic nitrogens is 1. The van der Waals surface area contributed by atoms with Crippen LogP contribution in [0, 0.1) is 0 Å². The molecule has 1 aromatic heterocycles. The van der Waals surface area contributed by atoms with E-state index in [0.717, 1.165) is 25.6 Å². The molecule has 96 valence electrons. The lowest BCUT2D eigenvalue weighted by molar-refractivity contribution is 0.260. The lowest BCUT2D eigenvalue weighted by atomic mass is 10.1. The molecule has 0 amide bonds. The van der Waals surface area contributed by atoms with Gasteiger partial charge in [0.15, 0.2) is 0 Å². The maximum absolute atomic E-state index is 3.43. The van der Waals surface area contributed by atoms with Gasteiger partial charge in [0.2, 0.25) is 0 Å². The molecule has 1 aliphatic rings. The van der Waals surface area contributed by atoms with E-state index >= 15 is 0 Å². The number of para-hydroxylation sites is 1. The fourth-order valence-electron chi connectivity index (χ4n) is 2.83. The molecule has 1 unspecified atom stereocenters. The molecule has 1 saturated heterocycles. The maximum atomic E-state index is 3.43. The van der Waals surface area contributed by atoms with Gasteiger partial charge in [0.1, 0.15) is 0 Å². The van der Waals surface area contributed by atoms with Crippen molar-refractivity contribution >= 4 is 10.9 Å². The second-order valence-electron chi connectivity index (χ2n) is 5.24. The van der Waals surface area contributed by atoms with E-state index in [1.54, 1.807) is 0 Å². The van der Waals surface area contributed by atoms with Gasteiger partial charge in [-0.1, -0.05) is 18.2 Å². The Labute approximate surface area is 108 Å².